The second-order valence-electron chi connectivity index (χ2n) is 7.78. The van der Waals surface area contributed by atoms with Crippen LogP contribution in [-0.4, -0.2) is 26.6 Å². The predicted molar refractivity (Wildman–Crippen MR) is 120 cm³/mol. The highest BCUT2D eigenvalue weighted by Gasteiger charge is 2.39. The van der Waals surface area contributed by atoms with Crippen molar-refractivity contribution in [2.24, 2.45) is 5.73 Å². The Morgan fingerprint density at radius 1 is 1.17 bits per heavy atom. The summed E-state index contributed by atoms with van der Waals surface area (Å²) in [7, 11) is 0. The minimum absolute atomic E-state index is 0.0352. The van der Waals surface area contributed by atoms with Crippen LogP contribution < -0.4 is 11.1 Å². The molecule has 0 bridgehead atoms. The summed E-state index contributed by atoms with van der Waals surface area (Å²) < 4.78 is 57.1. The van der Waals surface area contributed by atoms with E-state index in [2.05, 4.69) is 15.4 Å². The van der Waals surface area contributed by atoms with Crippen LogP contribution in [0.5, 0.6) is 0 Å². The number of rotatable bonds is 5. The number of carbonyl (C=O) groups is 2. The molecule has 0 saturated heterocycles. The zero-order valence-corrected chi connectivity index (χ0v) is 18.5. The molecule has 8 nitrogen and oxygen atoms in total. The minimum Gasteiger partial charge on any atom is -0.364 e. The van der Waals surface area contributed by atoms with Gasteiger partial charge in [-0.25, -0.2) is 9.37 Å². The Hall–Kier alpha value is -4.79. The number of hydrogen-bond acceptors (Lipinski definition) is 5. The topological polar surface area (TPSA) is 127 Å². The first-order valence-corrected chi connectivity index (χ1v) is 10.3. The van der Waals surface area contributed by atoms with Gasteiger partial charge < -0.3 is 11.1 Å². The first-order valence-electron chi connectivity index (χ1n) is 10.3. The predicted octanol–water partition coefficient (Wildman–Crippen LogP) is 4.17. The number of nitrogens with zero attached hydrogens (tertiary/aromatic N) is 4. The Balaban J connectivity index is 1.80. The van der Waals surface area contributed by atoms with E-state index in [-0.39, 0.29) is 28.8 Å². The van der Waals surface area contributed by atoms with Crippen molar-refractivity contribution in [3.05, 3.63) is 88.1 Å². The number of benzene rings is 2. The van der Waals surface area contributed by atoms with Crippen molar-refractivity contribution in [3.8, 4) is 6.07 Å². The van der Waals surface area contributed by atoms with Crippen molar-refractivity contribution in [2.75, 3.05) is 5.32 Å². The molecule has 0 spiro atoms. The van der Waals surface area contributed by atoms with E-state index < -0.39 is 40.8 Å². The molecule has 0 unspecified atom stereocenters. The summed E-state index contributed by atoms with van der Waals surface area (Å²) in [4.78, 5) is 28.7. The van der Waals surface area contributed by atoms with Gasteiger partial charge in [0.2, 0.25) is 0 Å². The summed E-state index contributed by atoms with van der Waals surface area (Å²) in [5.41, 5.74) is 3.20. The number of nitrogens with two attached hydrogens (primary N) is 1. The van der Waals surface area contributed by atoms with E-state index in [1.807, 2.05) is 6.07 Å². The molecule has 0 atom stereocenters. The first-order chi connectivity index (χ1) is 17.0. The van der Waals surface area contributed by atoms with Gasteiger partial charge in [0.05, 0.1) is 40.6 Å². The molecular weight excluding hydrogens is 480 g/mol. The number of fused-ring (bicyclic) bond motifs is 1. The standard InChI is InChI=1S/C24H16F4N6O2/c1-12-20(21(24(26,27)28)33-34(12)11-14-5-2-4-13(8-14)10-29)32-23(36)15-9-18(22(30)35)31-17-7-3-6-16(25)19(15)17/h2-9H,11H2,1H3,(H2,30,35)(H,32,36). The third-order valence-corrected chi connectivity index (χ3v) is 5.38. The maximum absolute atomic E-state index is 14.6. The minimum atomic E-state index is -4.93. The van der Waals surface area contributed by atoms with Crippen LogP contribution in [0.4, 0.5) is 23.2 Å². The maximum atomic E-state index is 14.6. The number of carbonyl (C=O) groups excluding carboxylic acids is 2. The zero-order valence-electron chi connectivity index (χ0n) is 18.5. The van der Waals surface area contributed by atoms with Crippen LogP contribution in [0.1, 0.15) is 43.4 Å². The fourth-order valence-electron chi connectivity index (χ4n) is 3.69. The Labute approximate surface area is 201 Å². The Morgan fingerprint density at radius 3 is 2.56 bits per heavy atom. The second-order valence-corrected chi connectivity index (χ2v) is 7.78. The Morgan fingerprint density at radius 2 is 1.89 bits per heavy atom. The number of nitrogens with one attached hydrogen (secondary N) is 1. The van der Waals surface area contributed by atoms with Crippen LogP contribution in [0, 0.1) is 24.1 Å². The van der Waals surface area contributed by atoms with Gasteiger partial charge in [0.15, 0.2) is 5.69 Å². The normalized spacial score (nSPS) is 11.3. The van der Waals surface area contributed by atoms with Crippen molar-refractivity contribution in [1.29, 1.82) is 5.26 Å². The number of aromatic nitrogens is 3. The highest BCUT2D eigenvalue weighted by atomic mass is 19.4. The zero-order chi connectivity index (χ0) is 26.2. The molecule has 182 valence electrons. The van der Waals surface area contributed by atoms with E-state index in [0.717, 1.165) is 16.8 Å². The van der Waals surface area contributed by atoms with Crippen LogP contribution in [0.15, 0.2) is 48.5 Å². The lowest BCUT2D eigenvalue weighted by atomic mass is 10.1. The quantitative estimate of drug-likeness (QED) is 0.401. The van der Waals surface area contributed by atoms with Crippen LogP contribution in [0.2, 0.25) is 0 Å². The van der Waals surface area contributed by atoms with Gasteiger partial charge in [-0.2, -0.15) is 23.5 Å². The average Bonchev–Trinajstić information content (AvgIpc) is 3.14. The molecule has 0 fully saturated rings. The fraction of sp³-hybridized carbons (Fsp3) is 0.125. The van der Waals surface area contributed by atoms with Crippen LogP contribution in [0.25, 0.3) is 10.9 Å². The number of primary amides is 1. The third kappa shape index (κ3) is 4.58. The number of halogens is 4. The van der Waals surface area contributed by atoms with Gasteiger partial charge >= 0.3 is 6.18 Å². The molecule has 4 rings (SSSR count). The van der Waals surface area contributed by atoms with Crippen LogP contribution in [-0.2, 0) is 12.7 Å². The van der Waals surface area contributed by atoms with Gasteiger partial charge in [-0.05, 0) is 42.8 Å². The van der Waals surface area contributed by atoms with Gasteiger partial charge in [0.25, 0.3) is 11.8 Å². The molecule has 3 N–H and O–H groups in total. The molecule has 0 aliphatic heterocycles. The molecule has 2 heterocycles. The highest BCUT2D eigenvalue weighted by Crippen LogP contribution is 2.36. The van der Waals surface area contributed by atoms with Crippen molar-refractivity contribution in [3.63, 3.8) is 0 Å². The molecule has 4 aromatic rings. The summed E-state index contributed by atoms with van der Waals surface area (Å²) in [6.07, 6.45) is -4.93. The van der Waals surface area contributed by atoms with Gasteiger partial charge in [-0.1, -0.05) is 18.2 Å². The van der Waals surface area contributed by atoms with E-state index in [1.54, 1.807) is 18.2 Å². The number of alkyl halides is 3. The number of amides is 2. The van der Waals surface area contributed by atoms with Crippen LogP contribution >= 0.6 is 0 Å². The van der Waals surface area contributed by atoms with Crippen molar-refractivity contribution < 1.29 is 27.2 Å². The summed E-state index contributed by atoms with van der Waals surface area (Å²) in [6.45, 7) is 1.21. The number of nitriles is 1. The Kier molecular flexibility index (Phi) is 6.15. The van der Waals surface area contributed by atoms with Gasteiger partial charge in [0, 0.05) is 5.39 Å². The van der Waals surface area contributed by atoms with Crippen molar-refractivity contribution in [2.45, 2.75) is 19.6 Å². The SMILES string of the molecule is Cc1c(NC(=O)c2cc(C(N)=O)nc3cccc(F)c23)c(C(F)(F)F)nn1Cc1cccc(C#N)c1. The molecule has 0 aliphatic carbocycles. The fourth-order valence-corrected chi connectivity index (χ4v) is 3.69. The largest absolute Gasteiger partial charge is 0.437 e. The van der Waals surface area contributed by atoms with Gasteiger partial charge in [-0.15, -0.1) is 0 Å². The van der Waals surface area contributed by atoms with E-state index in [9.17, 15) is 27.2 Å². The second kappa shape index (κ2) is 9.10. The lowest BCUT2D eigenvalue weighted by molar-refractivity contribution is -0.140. The maximum Gasteiger partial charge on any atom is 0.437 e. The van der Waals surface area contributed by atoms with E-state index in [1.165, 1.54) is 25.1 Å². The summed E-state index contributed by atoms with van der Waals surface area (Å²) >= 11 is 0. The van der Waals surface area contributed by atoms with Crippen LogP contribution in [0.3, 0.4) is 0 Å². The lowest BCUT2D eigenvalue weighted by Crippen LogP contribution is -2.20. The smallest absolute Gasteiger partial charge is 0.364 e. The molecule has 0 saturated carbocycles. The summed E-state index contributed by atoms with van der Waals surface area (Å²) in [5.74, 6) is -2.98. The van der Waals surface area contributed by atoms with E-state index in [0.29, 0.717) is 11.1 Å². The first kappa shape index (κ1) is 24.3. The summed E-state index contributed by atoms with van der Waals surface area (Å²) in [5, 5.41) is 14.6. The van der Waals surface area contributed by atoms with Gasteiger partial charge in [0.1, 0.15) is 11.5 Å². The molecule has 0 radical (unpaired) electrons. The summed E-state index contributed by atoms with van der Waals surface area (Å²) in [6, 6.07) is 12.8. The van der Waals surface area contributed by atoms with Crippen molar-refractivity contribution >= 4 is 28.4 Å². The third-order valence-electron chi connectivity index (χ3n) is 5.38. The number of anilines is 1. The lowest BCUT2D eigenvalue weighted by Gasteiger charge is -2.12. The molecule has 0 aliphatic rings. The molecule has 2 aromatic carbocycles. The number of pyridine rings is 1. The number of hydrogen-bond donors (Lipinski definition) is 2. The molecule has 2 amide bonds. The highest BCUT2D eigenvalue weighted by molar-refractivity contribution is 6.14. The molecule has 2 aromatic heterocycles. The van der Waals surface area contributed by atoms with E-state index in [4.69, 9.17) is 11.0 Å². The Bertz CT molecular complexity index is 1570. The van der Waals surface area contributed by atoms with Gasteiger partial charge in [-0.3, -0.25) is 14.3 Å². The molecule has 12 heteroatoms. The molecule has 36 heavy (non-hydrogen) atoms. The molecular formula is C24H16F4N6O2. The monoisotopic (exact) mass is 496 g/mol. The van der Waals surface area contributed by atoms with Crippen molar-refractivity contribution in [1.82, 2.24) is 14.8 Å². The average molecular weight is 496 g/mol. The van der Waals surface area contributed by atoms with E-state index >= 15 is 0 Å².